The lowest BCUT2D eigenvalue weighted by Crippen LogP contribution is -2.27. The smallest absolute Gasteiger partial charge is 0.247 e. The van der Waals surface area contributed by atoms with E-state index in [0.29, 0.717) is 5.13 Å². The summed E-state index contributed by atoms with van der Waals surface area (Å²) in [5.41, 5.74) is 6.72. The highest BCUT2D eigenvalue weighted by molar-refractivity contribution is 7.15. The number of halogens is 1. The highest BCUT2D eigenvalue weighted by atomic mass is 35.5. The zero-order valence-electron chi connectivity index (χ0n) is 12.5. The number of carbonyl (C=O) groups excluding carboxylic acids is 1. The number of nitrogens with one attached hydrogen (secondary N) is 1. The van der Waals surface area contributed by atoms with E-state index in [0.717, 1.165) is 23.4 Å². The van der Waals surface area contributed by atoms with Crippen LogP contribution in [0.2, 0.25) is 0 Å². The number of hydrogen-bond acceptors (Lipinski definition) is 5. The zero-order valence-corrected chi connectivity index (χ0v) is 14.1. The summed E-state index contributed by atoms with van der Waals surface area (Å²) in [6, 6.07) is 8.58. The molecule has 22 heavy (non-hydrogen) atoms. The first-order chi connectivity index (χ1) is 10.2. The molecule has 0 aliphatic rings. The van der Waals surface area contributed by atoms with E-state index in [1.54, 1.807) is 0 Å². The van der Waals surface area contributed by atoms with Crippen LogP contribution >= 0.6 is 23.7 Å². The van der Waals surface area contributed by atoms with Crippen LogP contribution in [-0.4, -0.2) is 16.1 Å². The highest BCUT2D eigenvalue weighted by Gasteiger charge is 2.17. The number of unbranched alkanes of at least 4 members (excludes halogenated alkanes) is 2. The third-order valence-electron chi connectivity index (χ3n) is 3.13. The fraction of sp³-hybridized carbons (Fsp3) is 0.400. The Hall–Kier alpha value is -1.50. The highest BCUT2D eigenvalue weighted by Crippen LogP contribution is 2.19. The van der Waals surface area contributed by atoms with E-state index >= 15 is 0 Å². The largest absolute Gasteiger partial charge is 0.316 e. The summed E-state index contributed by atoms with van der Waals surface area (Å²) in [5, 5.41) is 12.3. The minimum atomic E-state index is -0.696. The SMILES string of the molecule is CCCCCc1nnc(NC(=O)[C@@H](N)c2ccccc2)s1.Cl. The molecule has 1 aromatic heterocycles. The summed E-state index contributed by atoms with van der Waals surface area (Å²) in [6.45, 7) is 2.16. The molecule has 1 aromatic carbocycles. The van der Waals surface area contributed by atoms with Gasteiger partial charge in [-0.25, -0.2) is 0 Å². The first-order valence-corrected chi connectivity index (χ1v) is 7.96. The van der Waals surface area contributed by atoms with E-state index in [1.807, 2.05) is 30.3 Å². The van der Waals surface area contributed by atoms with E-state index in [9.17, 15) is 4.79 Å². The molecule has 0 aliphatic heterocycles. The number of nitrogens with two attached hydrogens (primary N) is 1. The maximum atomic E-state index is 12.1. The van der Waals surface area contributed by atoms with E-state index in [2.05, 4.69) is 22.4 Å². The van der Waals surface area contributed by atoms with E-state index in [-0.39, 0.29) is 18.3 Å². The van der Waals surface area contributed by atoms with E-state index in [4.69, 9.17) is 5.73 Å². The van der Waals surface area contributed by atoms with Gasteiger partial charge in [0.2, 0.25) is 11.0 Å². The van der Waals surface area contributed by atoms with Crippen LogP contribution in [0.3, 0.4) is 0 Å². The van der Waals surface area contributed by atoms with Crippen molar-refractivity contribution in [1.29, 1.82) is 0 Å². The number of rotatable bonds is 7. The van der Waals surface area contributed by atoms with Gasteiger partial charge in [-0.3, -0.25) is 10.1 Å². The predicted molar refractivity (Wildman–Crippen MR) is 92.4 cm³/mol. The molecule has 0 bridgehead atoms. The van der Waals surface area contributed by atoms with Gasteiger partial charge in [-0.1, -0.05) is 61.4 Å². The van der Waals surface area contributed by atoms with Crippen molar-refractivity contribution in [2.45, 2.75) is 38.6 Å². The summed E-state index contributed by atoms with van der Waals surface area (Å²) in [4.78, 5) is 12.1. The Morgan fingerprint density at radius 1 is 1.27 bits per heavy atom. The maximum absolute atomic E-state index is 12.1. The van der Waals surface area contributed by atoms with Gasteiger partial charge in [0.05, 0.1) is 0 Å². The summed E-state index contributed by atoms with van der Waals surface area (Å²) in [5.74, 6) is -0.266. The molecule has 120 valence electrons. The Balaban J connectivity index is 0.00000242. The van der Waals surface area contributed by atoms with E-state index in [1.165, 1.54) is 24.2 Å². The van der Waals surface area contributed by atoms with Crippen molar-refractivity contribution in [2.75, 3.05) is 5.32 Å². The summed E-state index contributed by atoms with van der Waals surface area (Å²) in [6.07, 6.45) is 4.36. The van der Waals surface area contributed by atoms with E-state index < -0.39 is 6.04 Å². The third-order valence-corrected chi connectivity index (χ3v) is 4.03. The summed E-state index contributed by atoms with van der Waals surface area (Å²) in [7, 11) is 0. The third kappa shape index (κ3) is 5.36. The number of anilines is 1. The minimum Gasteiger partial charge on any atom is -0.316 e. The maximum Gasteiger partial charge on any atom is 0.247 e. The Morgan fingerprint density at radius 2 is 2.00 bits per heavy atom. The number of amides is 1. The Kier molecular flexibility index (Phi) is 8.01. The molecule has 0 saturated carbocycles. The quantitative estimate of drug-likeness (QED) is 0.757. The molecule has 0 saturated heterocycles. The molecule has 1 atom stereocenters. The molecule has 7 heteroatoms. The number of nitrogens with zero attached hydrogens (tertiary/aromatic N) is 2. The molecule has 0 unspecified atom stereocenters. The molecule has 0 fully saturated rings. The second-order valence-electron chi connectivity index (χ2n) is 4.84. The molecule has 2 aromatic rings. The fourth-order valence-corrected chi connectivity index (χ4v) is 2.71. The minimum absolute atomic E-state index is 0. The fourth-order valence-electron chi connectivity index (χ4n) is 1.93. The van der Waals surface area contributed by atoms with Crippen molar-refractivity contribution in [3.8, 4) is 0 Å². The second-order valence-corrected chi connectivity index (χ2v) is 5.90. The first-order valence-electron chi connectivity index (χ1n) is 7.14. The Bertz CT molecular complexity index is 576. The first kappa shape index (κ1) is 18.5. The van der Waals surface area contributed by atoms with Crippen molar-refractivity contribution in [3.05, 3.63) is 40.9 Å². The van der Waals surface area contributed by atoms with Crippen molar-refractivity contribution in [3.63, 3.8) is 0 Å². The standard InChI is InChI=1S/C15H20N4OS.ClH/c1-2-3-5-10-12-18-19-15(21-12)17-14(20)13(16)11-8-6-4-7-9-11;/h4,6-9,13H,2-3,5,10,16H2,1H3,(H,17,19,20);1H/t13-;/m0./s1. The number of hydrogen-bond donors (Lipinski definition) is 2. The van der Waals surface area contributed by atoms with Crippen molar-refractivity contribution in [2.24, 2.45) is 5.73 Å². The second kappa shape index (κ2) is 9.50. The van der Waals surface area contributed by atoms with Crippen LogP contribution in [0.5, 0.6) is 0 Å². The average Bonchev–Trinajstić information content (AvgIpc) is 2.95. The van der Waals surface area contributed by atoms with Crippen molar-refractivity contribution >= 4 is 34.8 Å². The van der Waals surface area contributed by atoms with Crippen molar-refractivity contribution < 1.29 is 4.79 Å². The predicted octanol–water partition coefficient (Wildman–Crippen LogP) is 3.33. The van der Waals surface area contributed by atoms with Crippen LogP contribution in [0.25, 0.3) is 0 Å². The lowest BCUT2D eigenvalue weighted by molar-refractivity contribution is -0.117. The van der Waals surface area contributed by atoms with Gasteiger partial charge in [-0.15, -0.1) is 22.6 Å². The van der Waals surface area contributed by atoms with Crippen LogP contribution < -0.4 is 11.1 Å². The molecule has 0 spiro atoms. The van der Waals surface area contributed by atoms with Crippen LogP contribution in [0, 0.1) is 0 Å². The number of aromatic nitrogens is 2. The monoisotopic (exact) mass is 340 g/mol. The topological polar surface area (TPSA) is 80.9 Å². The van der Waals surface area contributed by atoms with Gasteiger partial charge in [-0.05, 0) is 12.0 Å². The van der Waals surface area contributed by atoms with Gasteiger partial charge < -0.3 is 5.73 Å². The number of aryl methyl sites for hydroxylation is 1. The Morgan fingerprint density at radius 3 is 2.68 bits per heavy atom. The van der Waals surface area contributed by atoms with Crippen LogP contribution in [0.1, 0.15) is 42.8 Å². The molecule has 0 aliphatic carbocycles. The summed E-state index contributed by atoms with van der Waals surface area (Å²) >= 11 is 1.41. The molecule has 1 amide bonds. The average molecular weight is 341 g/mol. The van der Waals surface area contributed by atoms with Crippen LogP contribution in [0.4, 0.5) is 5.13 Å². The molecular formula is C15H21ClN4OS. The molecule has 3 N–H and O–H groups in total. The van der Waals surface area contributed by atoms with Crippen LogP contribution in [0.15, 0.2) is 30.3 Å². The van der Waals surface area contributed by atoms with Gasteiger partial charge in [0.1, 0.15) is 11.0 Å². The lowest BCUT2D eigenvalue weighted by Gasteiger charge is -2.10. The van der Waals surface area contributed by atoms with Crippen LogP contribution in [-0.2, 0) is 11.2 Å². The molecule has 1 heterocycles. The lowest BCUT2D eigenvalue weighted by atomic mass is 10.1. The number of benzene rings is 1. The molecule has 2 rings (SSSR count). The molecule has 5 nitrogen and oxygen atoms in total. The zero-order chi connectivity index (χ0) is 15.1. The van der Waals surface area contributed by atoms with Gasteiger partial charge in [0, 0.05) is 6.42 Å². The Labute approximate surface area is 140 Å². The van der Waals surface area contributed by atoms with Crippen molar-refractivity contribution in [1.82, 2.24) is 10.2 Å². The molecular weight excluding hydrogens is 320 g/mol. The van der Waals surface area contributed by atoms with Gasteiger partial charge >= 0.3 is 0 Å². The van der Waals surface area contributed by atoms with Gasteiger partial charge in [-0.2, -0.15) is 0 Å². The normalized spacial score (nSPS) is 11.5. The number of carbonyl (C=O) groups is 1. The summed E-state index contributed by atoms with van der Waals surface area (Å²) < 4.78 is 0. The van der Waals surface area contributed by atoms with Gasteiger partial charge in [0.25, 0.3) is 0 Å². The van der Waals surface area contributed by atoms with Gasteiger partial charge in [0.15, 0.2) is 0 Å². The molecule has 0 radical (unpaired) electrons.